The average molecular weight is 748 g/mol. The maximum atomic E-state index is 11.5. The van der Waals surface area contributed by atoms with Crippen LogP contribution in [0.3, 0.4) is 0 Å². The van der Waals surface area contributed by atoms with E-state index in [2.05, 4.69) is 183 Å². The van der Waals surface area contributed by atoms with Crippen LogP contribution in [0.5, 0.6) is 0 Å². The van der Waals surface area contributed by atoms with Crippen LogP contribution in [0.4, 0.5) is 0 Å². The minimum Gasteiger partial charge on any atom is -0.455 e. The number of furan rings is 1. The van der Waals surface area contributed by atoms with E-state index in [1.165, 1.54) is 43.8 Å². The van der Waals surface area contributed by atoms with Crippen LogP contribution >= 0.6 is 0 Å². The van der Waals surface area contributed by atoms with Gasteiger partial charge < -0.3 is 13.6 Å². The van der Waals surface area contributed by atoms with E-state index in [0.29, 0.717) is 11.1 Å². The van der Waals surface area contributed by atoms with Gasteiger partial charge in [0.2, 0.25) is 0 Å². The van der Waals surface area contributed by atoms with E-state index in [9.17, 15) is 5.26 Å². The normalized spacial score (nSPS) is 13.2. The van der Waals surface area contributed by atoms with Crippen molar-refractivity contribution in [2.24, 2.45) is 0 Å². The van der Waals surface area contributed by atoms with Crippen LogP contribution in [0.1, 0.15) is 111 Å². The fourth-order valence-corrected chi connectivity index (χ4v) is 8.75. The highest BCUT2D eigenvalue weighted by Crippen LogP contribution is 2.46. The monoisotopic (exact) mass is 747 g/mol. The summed E-state index contributed by atoms with van der Waals surface area (Å²) in [5.41, 5.74) is 13.0. The summed E-state index contributed by atoms with van der Waals surface area (Å²) < 4.78 is 11.4. The fourth-order valence-electron chi connectivity index (χ4n) is 8.75. The molecule has 6 aromatic carbocycles. The third kappa shape index (κ3) is 5.69. The Bertz CT molecular complexity index is 3020. The molecule has 0 fully saturated rings. The predicted molar refractivity (Wildman–Crippen MR) is 242 cm³/mol. The number of benzene rings is 6. The van der Waals surface area contributed by atoms with E-state index >= 15 is 0 Å². The molecular weight excluding hydrogens is 695 g/mol. The molecular formula is C53H53N3O. The zero-order valence-electron chi connectivity index (χ0n) is 35.6. The molecule has 0 amide bonds. The first-order valence-corrected chi connectivity index (χ1v) is 20.3. The van der Waals surface area contributed by atoms with Crippen molar-refractivity contribution in [2.75, 3.05) is 0 Å². The number of aromatic nitrogens is 2. The number of para-hydroxylation sites is 1. The molecule has 286 valence electrons. The maximum Gasteiger partial charge on any atom is 0.155 e. The molecule has 4 heteroatoms. The highest BCUT2D eigenvalue weighted by atomic mass is 16.3. The SMILES string of the molecule is CC(C)(C)c1ccc2c(c1)c1cc(C(C)(C)C)ccc1n2-c1cc2c(oc3ccccc32)c(C#N)c1-n1c2ccc(C(C)(C)C)cc2c2cc(C(C)(C)C)ccc21. The topological polar surface area (TPSA) is 46.8 Å². The molecule has 0 unspecified atom stereocenters. The van der Waals surface area contributed by atoms with Gasteiger partial charge >= 0.3 is 0 Å². The first-order valence-electron chi connectivity index (χ1n) is 20.3. The van der Waals surface area contributed by atoms with Crippen molar-refractivity contribution in [3.8, 4) is 17.4 Å². The number of hydrogen-bond donors (Lipinski definition) is 0. The van der Waals surface area contributed by atoms with Gasteiger partial charge in [0.1, 0.15) is 17.2 Å². The summed E-state index contributed by atoms with van der Waals surface area (Å²) in [5, 5.41) is 18.1. The van der Waals surface area contributed by atoms with Gasteiger partial charge in [-0.1, -0.05) is 126 Å². The molecule has 9 rings (SSSR count). The summed E-state index contributed by atoms with van der Waals surface area (Å²) in [7, 11) is 0. The van der Waals surface area contributed by atoms with Crippen molar-refractivity contribution in [3.63, 3.8) is 0 Å². The lowest BCUT2D eigenvalue weighted by Crippen LogP contribution is -2.11. The van der Waals surface area contributed by atoms with Crippen molar-refractivity contribution in [1.29, 1.82) is 5.26 Å². The first-order chi connectivity index (χ1) is 26.8. The Morgan fingerprint density at radius 1 is 0.439 bits per heavy atom. The van der Waals surface area contributed by atoms with E-state index in [0.717, 1.165) is 49.8 Å². The van der Waals surface area contributed by atoms with E-state index < -0.39 is 0 Å². The van der Waals surface area contributed by atoms with Gasteiger partial charge in [0.25, 0.3) is 0 Å². The van der Waals surface area contributed by atoms with Gasteiger partial charge in [0.05, 0.1) is 33.4 Å². The van der Waals surface area contributed by atoms with Crippen LogP contribution in [0.25, 0.3) is 76.9 Å². The van der Waals surface area contributed by atoms with Crippen molar-refractivity contribution >= 4 is 65.6 Å². The molecule has 9 aromatic rings. The quantitative estimate of drug-likeness (QED) is 0.177. The molecule has 0 N–H and O–H groups in total. The molecule has 3 heterocycles. The third-order valence-corrected chi connectivity index (χ3v) is 12.2. The summed E-state index contributed by atoms with van der Waals surface area (Å²) in [4.78, 5) is 0. The van der Waals surface area contributed by atoms with Crippen molar-refractivity contribution in [3.05, 3.63) is 131 Å². The Morgan fingerprint density at radius 3 is 1.21 bits per heavy atom. The molecule has 57 heavy (non-hydrogen) atoms. The van der Waals surface area contributed by atoms with Crippen molar-refractivity contribution in [2.45, 2.75) is 105 Å². The molecule has 3 aromatic heterocycles. The summed E-state index contributed by atoms with van der Waals surface area (Å²) in [6, 6.07) is 40.8. The maximum absolute atomic E-state index is 11.5. The molecule has 0 aliphatic heterocycles. The summed E-state index contributed by atoms with van der Waals surface area (Å²) in [6.07, 6.45) is 0. The third-order valence-electron chi connectivity index (χ3n) is 12.2. The largest absolute Gasteiger partial charge is 0.455 e. The van der Waals surface area contributed by atoms with Gasteiger partial charge in [0, 0.05) is 32.3 Å². The lowest BCUT2D eigenvalue weighted by molar-refractivity contribution is 0.590. The van der Waals surface area contributed by atoms with Crippen LogP contribution in [-0.2, 0) is 21.7 Å². The highest BCUT2D eigenvalue weighted by Gasteiger charge is 2.29. The standard InChI is InChI=1S/C53H53N3O/c1-50(2,3)31-17-21-42-36(25-31)37-26-32(51(4,5)6)18-22-43(37)55(42)46-29-40-35-15-13-14-16-47(35)57-49(40)41(30-54)48(46)56-44-23-19-33(52(7,8)9)27-38(44)39-28-34(53(10,11)12)20-24-45(39)56/h13-29H,1-12H3. The minimum absolute atomic E-state index is 0.0290. The minimum atomic E-state index is -0.0405. The van der Waals surface area contributed by atoms with E-state index in [-0.39, 0.29) is 21.7 Å². The second-order valence-corrected chi connectivity index (χ2v) is 20.3. The first kappa shape index (κ1) is 36.8. The number of fused-ring (bicyclic) bond motifs is 9. The van der Waals surface area contributed by atoms with Gasteiger partial charge in [-0.3, -0.25) is 0 Å². The molecule has 0 saturated heterocycles. The molecule has 4 nitrogen and oxygen atoms in total. The number of nitriles is 1. The van der Waals surface area contributed by atoms with Gasteiger partial charge in [-0.25, -0.2) is 0 Å². The Kier molecular flexibility index (Phi) is 7.82. The Labute approximate surface area is 336 Å². The molecule has 0 aliphatic carbocycles. The van der Waals surface area contributed by atoms with Gasteiger partial charge in [-0.05, 0) is 105 Å². The zero-order chi connectivity index (χ0) is 40.6. The fraction of sp³-hybridized carbons (Fsp3) is 0.302. The van der Waals surface area contributed by atoms with Crippen LogP contribution < -0.4 is 0 Å². The second-order valence-electron chi connectivity index (χ2n) is 20.3. The van der Waals surface area contributed by atoms with Crippen molar-refractivity contribution in [1.82, 2.24) is 9.13 Å². The molecule has 0 aliphatic rings. The van der Waals surface area contributed by atoms with E-state index in [1.54, 1.807) is 0 Å². The van der Waals surface area contributed by atoms with Crippen LogP contribution in [-0.4, -0.2) is 9.13 Å². The molecule has 0 radical (unpaired) electrons. The molecule has 0 bridgehead atoms. The highest BCUT2D eigenvalue weighted by molar-refractivity contribution is 6.15. The summed E-state index contributed by atoms with van der Waals surface area (Å²) in [5.74, 6) is 0. The lowest BCUT2D eigenvalue weighted by Gasteiger charge is -2.21. The smallest absolute Gasteiger partial charge is 0.155 e. The Hall–Kier alpha value is -5.79. The summed E-state index contributed by atoms with van der Waals surface area (Å²) >= 11 is 0. The van der Waals surface area contributed by atoms with Gasteiger partial charge in [0.15, 0.2) is 5.58 Å². The van der Waals surface area contributed by atoms with Crippen LogP contribution in [0.2, 0.25) is 0 Å². The number of rotatable bonds is 2. The van der Waals surface area contributed by atoms with Gasteiger partial charge in [-0.2, -0.15) is 5.26 Å². The Balaban J connectivity index is 1.52. The molecule has 0 saturated carbocycles. The van der Waals surface area contributed by atoms with Crippen LogP contribution in [0, 0.1) is 11.3 Å². The molecule has 0 atom stereocenters. The van der Waals surface area contributed by atoms with E-state index in [4.69, 9.17) is 4.42 Å². The predicted octanol–water partition coefficient (Wildman–Crippen LogP) is 14.8. The average Bonchev–Trinajstić information content (AvgIpc) is 3.79. The molecule has 0 spiro atoms. The van der Waals surface area contributed by atoms with E-state index in [1.807, 2.05) is 18.2 Å². The van der Waals surface area contributed by atoms with Crippen LogP contribution in [0.15, 0.2) is 108 Å². The van der Waals surface area contributed by atoms with Gasteiger partial charge in [-0.15, -0.1) is 0 Å². The Morgan fingerprint density at radius 2 is 0.825 bits per heavy atom. The zero-order valence-corrected chi connectivity index (χ0v) is 35.6. The van der Waals surface area contributed by atoms with Crippen molar-refractivity contribution < 1.29 is 4.42 Å². The summed E-state index contributed by atoms with van der Waals surface area (Å²) in [6.45, 7) is 27.3. The number of hydrogen-bond acceptors (Lipinski definition) is 2. The number of nitrogens with zero attached hydrogens (tertiary/aromatic N) is 3. The second kappa shape index (κ2) is 12.1. The lowest BCUT2D eigenvalue weighted by atomic mass is 9.85.